The Kier molecular flexibility index (Phi) is 7.59. The van der Waals surface area contributed by atoms with Crippen LogP contribution in [0.25, 0.3) is 0 Å². The Morgan fingerprint density at radius 1 is 1.15 bits per heavy atom. The Morgan fingerprint density at radius 3 is 2.79 bits per heavy atom. The minimum atomic E-state index is -4.50. The van der Waals surface area contributed by atoms with Crippen LogP contribution in [0.1, 0.15) is 53.9 Å². The molecule has 180 valence electrons. The number of rotatable bonds is 9. The topological polar surface area (TPSA) is 111 Å². The van der Waals surface area contributed by atoms with E-state index in [9.17, 15) is 4.57 Å². The molecule has 2 aliphatic carbocycles. The Labute approximate surface area is 195 Å². The van der Waals surface area contributed by atoms with Crippen molar-refractivity contribution in [1.29, 1.82) is 0 Å². The van der Waals surface area contributed by atoms with Crippen LogP contribution in [-0.2, 0) is 33.3 Å². The largest absolute Gasteiger partial charge is 0.497 e. The lowest BCUT2D eigenvalue weighted by molar-refractivity contribution is 0.0822. The van der Waals surface area contributed by atoms with E-state index in [2.05, 4.69) is 24.3 Å². The lowest BCUT2D eigenvalue weighted by Gasteiger charge is -2.26. The quantitative estimate of drug-likeness (QED) is 0.469. The fourth-order valence-electron chi connectivity index (χ4n) is 5.14. The molecule has 7 nitrogen and oxygen atoms in total. The third-order valence-corrected chi connectivity index (χ3v) is 7.42. The minimum Gasteiger partial charge on any atom is -0.497 e. The molecular weight excluding hydrogens is 441 g/mol. The molecule has 2 aromatic carbocycles. The van der Waals surface area contributed by atoms with E-state index in [0.29, 0.717) is 31.3 Å². The summed E-state index contributed by atoms with van der Waals surface area (Å²) in [6.45, 7) is 1.22. The highest BCUT2D eigenvalue weighted by Crippen LogP contribution is 2.44. The molecule has 3 atom stereocenters. The molecule has 4 rings (SSSR count). The first kappa shape index (κ1) is 24.4. The Balaban J connectivity index is 1.29. The van der Waals surface area contributed by atoms with Gasteiger partial charge in [-0.3, -0.25) is 4.52 Å². The van der Waals surface area contributed by atoms with E-state index >= 15 is 0 Å². The summed E-state index contributed by atoms with van der Waals surface area (Å²) >= 11 is 0. The fourth-order valence-corrected chi connectivity index (χ4v) is 5.56. The zero-order valence-electron chi connectivity index (χ0n) is 19.1. The monoisotopic (exact) mass is 475 g/mol. The molecule has 0 amide bonds. The predicted octanol–water partition coefficient (Wildman–Crippen LogP) is 4.09. The molecule has 2 aliphatic rings. The normalized spacial score (nSPS) is 25.1. The lowest BCUT2D eigenvalue weighted by Crippen LogP contribution is -2.41. The highest BCUT2D eigenvalue weighted by atomic mass is 31.2. The highest BCUT2D eigenvalue weighted by molar-refractivity contribution is 7.46. The number of fused-ring (bicyclic) bond motifs is 1. The van der Waals surface area contributed by atoms with Crippen molar-refractivity contribution < 1.29 is 28.3 Å². The third-order valence-electron chi connectivity index (χ3n) is 6.95. The van der Waals surface area contributed by atoms with Crippen molar-refractivity contribution in [3.8, 4) is 5.75 Å². The minimum absolute atomic E-state index is 0.115. The van der Waals surface area contributed by atoms with Crippen LogP contribution >= 0.6 is 7.82 Å². The average molecular weight is 476 g/mol. The highest BCUT2D eigenvalue weighted by Gasteiger charge is 2.38. The van der Waals surface area contributed by atoms with Crippen molar-refractivity contribution in [2.24, 2.45) is 11.7 Å². The molecule has 0 saturated heterocycles. The van der Waals surface area contributed by atoms with E-state index in [1.807, 2.05) is 18.2 Å². The molecule has 2 aromatic rings. The second kappa shape index (κ2) is 10.3. The first-order valence-corrected chi connectivity index (χ1v) is 13.1. The predicted molar refractivity (Wildman–Crippen MR) is 126 cm³/mol. The summed E-state index contributed by atoms with van der Waals surface area (Å²) in [5, 5.41) is 0. The molecular formula is C25H34NO6P. The fraction of sp³-hybridized carbons (Fsp3) is 0.520. The number of methoxy groups -OCH3 is 1. The number of phosphoric acid groups is 1. The van der Waals surface area contributed by atoms with Gasteiger partial charge in [0.05, 0.1) is 26.9 Å². The first-order valence-electron chi connectivity index (χ1n) is 11.5. The van der Waals surface area contributed by atoms with Crippen molar-refractivity contribution in [3.63, 3.8) is 0 Å². The van der Waals surface area contributed by atoms with Crippen molar-refractivity contribution >= 4 is 7.82 Å². The average Bonchev–Trinajstić information content (AvgIpc) is 3.20. The van der Waals surface area contributed by atoms with Crippen LogP contribution in [0.15, 0.2) is 42.5 Å². The van der Waals surface area contributed by atoms with Gasteiger partial charge in [-0.05, 0) is 84.7 Å². The molecule has 0 bridgehead atoms. The zero-order valence-corrected chi connectivity index (χ0v) is 20.0. The van der Waals surface area contributed by atoms with Crippen LogP contribution in [0.2, 0.25) is 0 Å². The summed E-state index contributed by atoms with van der Waals surface area (Å²) in [6.07, 6.45) is 5.44. The van der Waals surface area contributed by atoms with Gasteiger partial charge in [0.15, 0.2) is 0 Å². The van der Waals surface area contributed by atoms with E-state index in [-0.39, 0.29) is 6.61 Å². The standard InChI is InChI=1S/C25H34NO6P/c1-30-24-4-2-3-18(12-24)15-31-16-19-5-6-21-13-22(8-7-20(21)11-19)23-9-10-25(26,14-23)17-32-33(27,28)29/h2-4,7-8,12-13,19,23H,5-6,9-11,14-17,26H2,1H3,(H2,27,28,29)/t19-,23+,25-/m1/s1. The van der Waals surface area contributed by atoms with Crippen molar-refractivity contribution in [1.82, 2.24) is 0 Å². The Morgan fingerprint density at radius 2 is 2.00 bits per heavy atom. The second-order valence-electron chi connectivity index (χ2n) is 9.57. The van der Waals surface area contributed by atoms with E-state index < -0.39 is 13.4 Å². The molecule has 1 saturated carbocycles. The van der Waals surface area contributed by atoms with E-state index in [4.69, 9.17) is 29.5 Å². The molecule has 0 spiro atoms. The van der Waals surface area contributed by atoms with Crippen molar-refractivity contribution in [3.05, 3.63) is 64.7 Å². The molecule has 0 aromatic heterocycles. The lowest BCUT2D eigenvalue weighted by atomic mass is 9.82. The van der Waals surface area contributed by atoms with Gasteiger partial charge in [0.2, 0.25) is 0 Å². The number of ether oxygens (including phenoxy) is 2. The van der Waals surface area contributed by atoms with Crippen molar-refractivity contribution in [2.45, 2.75) is 56.6 Å². The van der Waals surface area contributed by atoms with Crippen LogP contribution < -0.4 is 10.5 Å². The molecule has 8 heteroatoms. The number of hydrogen-bond donors (Lipinski definition) is 3. The van der Waals surface area contributed by atoms with Gasteiger partial charge >= 0.3 is 7.82 Å². The molecule has 0 heterocycles. The molecule has 0 aliphatic heterocycles. The van der Waals surface area contributed by atoms with Crippen LogP contribution in [0.3, 0.4) is 0 Å². The molecule has 33 heavy (non-hydrogen) atoms. The molecule has 4 N–H and O–H groups in total. The Hall–Kier alpha value is -1.73. The molecule has 0 unspecified atom stereocenters. The number of aryl methyl sites for hydroxylation is 1. The van der Waals surface area contributed by atoms with Gasteiger partial charge in [-0.2, -0.15) is 0 Å². The number of hydrogen-bond acceptors (Lipinski definition) is 5. The van der Waals surface area contributed by atoms with Gasteiger partial charge in [0.1, 0.15) is 5.75 Å². The van der Waals surface area contributed by atoms with Gasteiger partial charge < -0.3 is 25.0 Å². The van der Waals surface area contributed by atoms with Gasteiger partial charge in [-0.15, -0.1) is 0 Å². The molecule has 0 radical (unpaired) electrons. The summed E-state index contributed by atoms with van der Waals surface area (Å²) in [4.78, 5) is 18.0. The zero-order chi connectivity index (χ0) is 23.5. The summed E-state index contributed by atoms with van der Waals surface area (Å²) in [5.41, 5.74) is 10.9. The second-order valence-corrected chi connectivity index (χ2v) is 10.8. The summed E-state index contributed by atoms with van der Waals surface area (Å²) in [7, 11) is -2.83. The maximum atomic E-state index is 11.0. The SMILES string of the molecule is COc1cccc(COC[C@@H]2CCc3cc([C@H]4CC[C@](N)(COP(=O)(O)O)C4)ccc3C2)c1. The van der Waals surface area contributed by atoms with Gasteiger partial charge in [-0.25, -0.2) is 4.57 Å². The summed E-state index contributed by atoms with van der Waals surface area (Å²) < 4.78 is 27.0. The van der Waals surface area contributed by atoms with Gasteiger partial charge in [-0.1, -0.05) is 30.3 Å². The van der Waals surface area contributed by atoms with Gasteiger partial charge in [0, 0.05) is 5.54 Å². The maximum absolute atomic E-state index is 11.0. The summed E-state index contributed by atoms with van der Waals surface area (Å²) in [5.74, 6) is 1.66. The summed E-state index contributed by atoms with van der Waals surface area (Å²) in [6, 6.07) is 14.7. The number of nitrogens with two attached hydrogens (primary N) is 1. The Bertz CT molecular complexity index is 1010. The van der Waals surface area contributed by atoms with E-state index in [1.54, 1.807) is 7.11 Å². The van der Waals surface area contributed by atoms with Crippen molar-refractivity contribution in [2.75, 3.05) is 20.3 Å². The molecule has 1 fully saturated rings. The third kappa shape index (κ3) is 6.66. The smallest absolute Gasteiger partial charge is 0.469 e. The van der Waals surface area contributed by atoms with Crippen LogP contribution in [-0.4, -0.2) is 35.6 Å². The van der Waals surface area contributed by atoms with Crippen LogP contribution in [0, 0.1) is 5.92 Å². The number of benzene rings is 2. The van der Waals surface area contributed by atoms with E-state index in [1.165, 1.54) is 16.7 Å². The first-order chi connectivity index (χ1) is 15.7. The van der Waals surface area contributed by atoms with Crippen LogP contribution in [0.5, 0.6) is 5.75 Å². The van der Waals surface area contributed by atoms with E-state index in [0.717, 1.165) is 43.6 Å². The number of phosphoric ester groups is 1. The van der Waals surface area contributed by atoms with Gasteiger partial charge in [0.25, 0.3) is 0 Å². The van der Waals surface area contributed by atoms with Crippen LogP contribution in [0.4, 0.5) is 0 Å². The maximum Gasteiger partial charge on any atom is 0.469 e.